The van der Waals surface area contributed by atoms with Crippen molar-refractivity contribution < 1.29 is 9.18 Å². The second-order valence-corrected chi connectivity index (χ2v) is 6.63. The molecule has 110 valence electrons. The lowest BCUT2D eigenvalue weighted by atomic mass is 10.2. The van der Waals surface area contributed by atoms with Crippen LogP contribution in [0, 0.1) is 5.82 Å². The Morgan fingerprint density at radius 1 is 1.14 bits per heavy atom. The lowest BCUT2D eigenvalue weighted by Gasteiger charge is -2.14. The van der Waals surface area contributed by atoms with Gasteiger partial charge in [0.05, 0.1) is 10.6 Å². The van der Waals surface area contributed by atoms with Crippen LogP contribution in [0.15, 0.2) is 53.4 Å². The standard InChI is InChI=1S/C16H9ClFNOS2/c17-11-5-7-12(8-6-11)19-15(20)14(22-16(19)21)9-10-3-1-2-4-13(10)18/h1-9H/b14-9-. The van der Waals surface area contributed by atoms with Gasteiger partial charge in [0.15, 0.2) is 4.32 Å². The van der Waals surface area contributed by atoms with Gasteiger partial charge in [-0.05, 0) is 36.4 Å². The van der Waals surface area contributed by atoms with Crippen LogP contribution in [0.1, 0.15) is 5.56 Å². The lowest BCUT2D eigenvalue weighted by molar-refractivity contribution is -0.113. The molecule has 0 saturated carbocycles. The van der Waals surface area contributed by atoms with Gasteiger partial charge in [0.25, 0.3) is 5.91 Å². The van der Waals surface area contributed by atoms with Crippen LogP contribution in [-0.4, -0.2) is 10.2 Å². The molecule has 0 N–H and O–H groups in total. The zero-order valence-corrected chi connectivity index (χ0v) is 13.5. The number of benzene rings is 2. The molecular formula is C16H9ClFNOS2. The van der Waals surface area contributed by atoms with Crippen LogP contribution in [0.3, 0.4) is 0 Å². The van der Waals surface area contributed by atoms with E-state index in [1.54, 1.807) is 42.5 Å². The average Bonchev–Trinajstić information content (AvgIpc) is 2.77. The van der Waals surface area contributed by atoms with E-state index in [4.69, 9.17) is 23.8 Å². The molecule has 1 aliphatic heterocycles. The van der Waals surface area contributed by atoms with Gasteiger partial charge < -0.3 is 0 Å². The third-order valence-electron chi connectivity index (χ3n) is 3.07. The molecule has 1 fully saturated rings. The van der Waals surface area contributed by atoms with E-state index in [0.29, 0.717) is 25.5 Å². The van der Waals surface area contributed by atoms with Gasteiger partial charge in [-0.15, -0.1) is 0 Å². The average molecular weight is 350 g/mol. The molecule has 0 bridgehead atoms. The van der Waals surface area contributed by atoms with Gasteiger partial charge in [-0.2, -0.15) is 0 Å². The molecule has 1 aliphatic rings. The van der Waals surface area contributed by atoms with Crippen LogP contribution < -0.4 is 4.90 Å². The maximum atomic E-state index is 13.7. The normalized spacial score (nSPS) is 16.6. The smallest absolute Gasteiger partial charge is 0.268 e. The Balaban J connectivity index is 1.95. The summed E-state index contributed by atoms with van der Waals surface area (Å²) in [7, 11) is 0. The zero-order chi connectivity index (χ0) is 15.7. The van der Waals surface area contributed by atoms with Crippen molar-refractivity contribution in [3.8, 4) is 0 Å². The minimum absolute atomic E-state index is 0.263. The highest BCUT2D eigenvalue weighted by atomic mass is 35.5. The van der Waals surface area contributed by atoms with Crippen LogP contribution in [0.25, 0.3) is 6.08 Å². The number of carbonyl (C=O) groups excluding carboxylic acids is 1. The SMILES string of the molecule is O=C1/C(=C/c2ccccc2F)SC(=S)N1c1ccc(Cl)cc1. The Hall–Kier alpha value is -1.69. The van der Waals surface area contributed by atoms with Crippen LogP contribution in [0.2, 0.25) is 5.02 Å². The van der Waals surface area contributed by atoms with E-state index in [-0.39, 0.29) is 11.7 Å². The number of hydrogen-bond acceptors (Lipinski definition) is 3. The van der Waals surface area contributed by atoms with E-state index in [1.807, 2.05) is 0 Å². The molecule has 6 heteroatoms. The Labute approximate surface area is 141 Å². The molecule has 0 unspecified atom stereocenters. The maximum Gasteiger partial charge on any atom is 0.270 e. The van der Waals surface area contributed by atoms with Crippen molar-refractivity contribution in [2.75, 3.05) is 4.90 Å². The highest BCUT2D eigenvalue weighted by Gasteiger charge is 2.33. The molecule has 0 aromatic heterocycles. The Bertz CT molecular complexity index is 789. The predicted molar refractivity (Wildman–Crippen MR) is 93.5 cm³/mol. The fourth-order valence-electron chi connectivity index (χ4n) is 2.01. The number of thioether (sulfide) groups is 1. The molecule has 1 heterocycles. The quantitative estimate of drug-likeness (QED) is 0.569. The van der Waals surface area contributed by atoms with Crippen molar-refractivity contribution in [2.24, 2.45) is 0 Å². The highest BCUT2D eigenvalue weighted by Crippen LogP contribution is 2.36. The van der Waals surface area contributed by atoms with Crippen molar-refractivity contribution in [2.45, 2.75) is 0 Å². The Kier molecular flexibility index (Phi) is 4.29. The van der Waals surface area contributed by atoms with Crippen molar-refractivity contribution in [1.29, 1.82) is 0 Å². The summed E-state index contributed by atoms with van der Waals surface area (Å²) in [6.45, 7) is 0. The van der Waals surface area contributed by atoms with Gasteiger partial charge in [0.2, 0.25) is 0 Å². The Morgan fingerprint density at radius 3 is 2.50 bits per heavy atom. The number of hydrogen-bond donors (Lipinski definition) is 0. The number of carbonyl (C=O) groups is 1. The lowest BCUT2D eigenvalue weighted by Crippen LogP contribution is -2.27. The molecule has 3 rings (SSSR count). The number of halogens is 2. The van der Waals surface area contributed by atoms with Gasteiger partial charge in [0, 0.05) is 10.6 Å². The van der Waals surface area contributed by atoms with Gasteiger partial charge >= 0.3 is 0 Å². The topological polar surface area (TPSA) is 20.3 Å². The van der Waals surface area contributed by atoms with Crippen LogP contribution in [-0.2, 0) is 4.79 Å². The molecule has 22 heavy (non-hydrogen) atoms. The first-order valence-electron chi connectivity index (χ1n) is 6.34. The summed E-state index contributed by atoms with van der Waals surface area (Å²) >= 11 is 12.3. The van der Waals surface area contributed by atoms with Crippen molar-refractivity contribution in [3.63, 3.8) is 0 Å². The van der Waals surface area contributed by atoms with E-state index >= 15 is 0 Å². The third kappa shape index (κ3) is 2.92. The summed E-state index contributed by atoms with van der Waals surface area (Å²) in [6.07, 6.45) is 1.52. The first-order valence-corrected chi connectivity index (χ1v) is 7.94. The summed E-state index contributed by atoms with van der Waals surface area (Å²) < 4.78 is 14.1. The summed E-state index contributed by atoms with van der Waals surface area (Å²) in [6, 6.07) is 13.1. The summed E-state index contributed by atoms with van der Waals surface area (Å²) in [4.78, 5) is 14.3. The molecule has 0 aliphatic carbocycles. The molecule has 2 aromatic carbocycles. The fourth-order valence-corrected chi connectivity index (χ4v) is 3.43. The molecule has 1 amide bonds. The molecule has 2 aromatic rings. The second-order valence-electron chi connectivity index (χ2n) is 4.52. The van der Waals surface area contributed by atoms with Gasteiger partial charge in [-0.25, -0.2) is 4.39 Å². The third-order valence-corrected chi connectivity index (χ3v) is 4.62. The van der Waals surface area contributed by atoms with Crippen molar-refractivity contribution in [1.82, 2.24) is 0 Å². The minimum atomic E-state index is -0.376. The summed E-state index contributed by atoms with van der Waals surface area (Å²) in [5, 5.41) is 0.580. The number of amides is 1. The first-order chi connectivity index (χ1) is 10.6. The van der Waals surface area contributed by atoms with E-state index < -0.39 is 0 Å². The van der Waals surface area contributed by atoms with Crippen LogP contribution in [0.5, 0.6) is 0 Å². The Morgan fingerprint density at radius 2 is 1.82 bits per heavy atom. The van der Waals surface area contributed by atoms with Gasteiger partial charge in [-0.1, -0.05) is 53.8 Å². The minimum Gasteiger partial charge on any atom is -0.268 e. The molecule has 0 radical (unpaired) electrons. The van der Waals surface area contributed by atoms with Crippen molar-refractivity contribution >= 4 is 57.6 Å². The van der Waals surface area contributed by atoms with E-state index in [2.05, 4.69) is 0 Å². The highest BCUT2D eigenvalue weighted by molar-refractivity contribution is 8.27. The van der Waals surface area contributed by atoms with E-state index in [9.17, 15) is 9.18 Å². The van der Waals surface area contributed by atoms with E-state index in [0.717, 1.165) is 11.8 Å². The molecule has 1 saturated heterocycles. The number of rotatable bonds is 2. The molecule has 2 nitrogen and oxygen atoms in total. The first kappa shape index (κ1) is 15.2. The monoisotopic (exact) mass is 349 g/mol. The molecule has 0 atom stereocenters. The molecule has 0 spiro atoms. The van der Waals surface area contributed by atoms with Crippen LogP contribution >= 0.6 is 35.6 Å². The largest absolute Gasteiger partial charge is 0.270 e. The second kappa shape index (κ2) is 6.20. The summed E-state index contributed by atoms with van der Waals surface area (Å²) in [5.74, 6) is -0.639. The zero-order valence-electron chi connectivity index (χ0n) is 11.1. The number of thiocarbonyl (C=S) groups is 1. The van der Waals surface area contributed by atoms with Crippen molar-refractivity contribution in [3.05, 3.63) is 69.8 Å². The number of nitrogens with zero attached hydrogens (tertiary/aromatic N) is 1. The van der Waals surface area contributed by atoms with Gasteiger partial charge in [-0.3, -0.25) is 9.69 Å². The maximum absolute atomic E-state index is 13.7. The number of anilines is 1. The summed E-state index contributed by atoms with van der Waals surface area (Å²) in [5.41, 5.74) is 1.00. The predicted octanol–water partition coefficient (Wildman–Crippen LogP) is 4.88. The fraction of sp³-hybridized carbons (Fsp3) is 0. The molecular weight excluding hydrogens is 341 g/mol. The van der Waals surface area contributed by atoms with E-state index in [1.165, 1.54) is 17.0 Å². The van der Waals surface area contributed by atoms with Gasteiger partial charge in [0.1, 0.15) is 5.82 Å². The van der Waals surface area contributed by atoms with Crippen LogP contribution in [0.4, 0.5) is 10.1 Å².